The second kappa shape index (κ2) is 8.79. The summed E-state index contributed by atoms with van der Waals surface area (Å²) in [6, 6.07) is 15.4. The van der Waals surface area contributed by atoms with Gasteiger partial charge >= 0.3 is 5.97 Å². The molecule has 136 valence electrons. The number of carbonyl (C=O) groups is 2. The number of hydrogen-bond acceptors (Lipinski definition) is 5. The Hall–Kier alpha value is -2.70. The van der Waals surface area contributed by atoms with Crippen LogP contribution in [0, 0.1) is 0 Å². The molecule has 27 heavy (non-hydrogen) atoms. The maximum absolute atomic E-state index is 12.6. The van der Waals surface area contributed by atoms with Crippen LogP contribution in [0.2, 0.25) is 0 Å². The second-order valence-electron chi connectivity index (χ2n) is 5.47. The summed E-state index contributed by atoms with van der Waals surface area (Å²) < 4.78 is 11.5. The first-order chi connectivity index (χ1) is 13.1. The first kappa shape index (κ1) is 19.1. The molecule has 0 aliphatic rings. The van der Waals surface area contributed by atoms with Gasteiger partial charge in [-0.05, 0) is 60.0 Å². The first-order valence-electron chi connectivity index (χ1n) is 7.98. The quantitative estimate of drug-likeness (QED) is 0.214. The molecule has 1 aromatic heterocycles. The van der Waals surface area contributed by atoms with Gasteiger partial charge in [-0.15, -0.1) is 11.3 Å². The molecule has 6 heteroatoms. The SMILES string of the molecule is COc1ccc(C(=O)/C=C/c2cccs2)c(OC(=O)c2ccc(Br)cc2)c1. The van der Waals surface area contributed by atoms with Crippen molar-refractivity contribution in [1.82, 2.24) is 0 Å². The highest BCUT2D eigenvalue weighted by molar-refractivity contribution is 9.10. The number of halogens is 1. The number of methoxy groups -OCH3 is 1. The summed E-state index contributed by atoms with van der Waals surface area (Å²) in [5.74, 6) is -0.160. The Kier molecular flexibility index (Phi) is 6.21. The highest BCUT2D eigenvalue weighted by Gasteiger charge is 2.16. The zero-order chi connectivity index (χ0) is 19.2. The van der Waals surface area contributed by atoms with Gasteiger partial charge in [0.15, 0.2) is 5.78 Å². The number of ether oxygens (including phenoxy) is 2. The van der Waals surface area contributed by atoms with E-state index in [0.29, 0.717) is 11.3 Å². The summed E-state index contributed by atoms with van der Waals surface area (Å²) in [5.41, 5.74) is 0.669. The summed E-state index contributed by atoms with van der Waals surface area (Å²) >= 11 is 4.86. The zero-order valence-electron chi connectivity index (χ0n) is 14.3. The van der Waals surface area contributed by atoms with Crippen LogP contribution >= 0.6 is 27.3 Å². The Labute approximate surface area is 169 Å². The van der Waals surface area contributed by atoms with E-state index >= 15 is 0 Å². The third kappa shape index (κ3) is 4.93. The van der Waals surface area contributed by atoms with E-state index in [1.54, 1.807) is 42.5 Å². The van der Waals surface area contributed by atoms with Crippen LogP contribution in [0.5, 0.6) is 11.5 Å². The van der Waals surface area contributed by atoms with Gasteiger partial charge in [-0.1, -0.05) is 22.0 Å². The molecule has 0 bridgehead atoms. The maximum atomic E-state index is 12.6. The van der Waals surface area contributed by atoms with E-state index in [-0.39, 0.29) is 17.1 Å². The lowest BCUT2D eigenvalue weighted by Gasteiger charge is -2.10. The van der Waals surface area contributed by atoms with Crippen LogP contribution in [-0.2, 0) is 0 Å². The van der Waals surface area contributed by atoms with Crippen molar-refractivity contribution in [1.29, 1.82) is 0 Å². The zero-order valence-corrected chi connectivity index (χ0v) is 16.7. The van der Waals surface area contributed by atoms with Crippen molar-refractivity contribution in [2.24, 2.45) is 0 Å². The largest absolute Gasteiger partial charge is 0.497 e. The molecule has 0 atom stereocenters. The maximum Gasteiger partial charge on any atom is 0.343 e. The van der Waals surface area contributed by atoms with Crippen molar-refractivity contribution in [3.8, 4) is 11.5 Å². The van der Waals surface area contributed by atoms with Crippen LogP contribution in [0.15, 0.2) is 70.5 Å². The number of hydrogen-bond donors (Lipinski definition) is 0. The van der Waals surface area contributed by atoms with Crippen molar-refractivity contribution in [2.45, 2.75) is 0 Å². The van der Waals surface area contributed by atoms with Crippen molar-refractivity contribution < 1.29 is 19.1 Å². The Morgan fingerprint density at radius 2 is 1.85 bits per heavy atom. The van der Waals surface area contributed by atoms with Crippen molar-refractivity contribution >= 4 is 45.1 Å². The van der Waals surface area contributed by atoms with Crippen LogP contribution < -0.4 is 9.47 Å². The average molecular weight is 443 g/mol. The van der Waals surface area contributed by atoms with Crippen LogP contribution in [0.4, 0.5) is 0 Å². The number of thiophene rings is 1. The van der Waals surface area contributed by atoms with Crippen molar-refractivity contribution in [3.05, 3.63) is 86.5 Å². The van der Waals surface area contributed by atoms with E-state index in [2.05, 4.69) is 15.9 Å². The van der Waals surface area contributed by atoms with E-state index < -0.39 is 5.97 Å². The Balaban J connectivity index is 1.87. The minimum Gasteiger partial charge on any atom is -0.497 e. The molecule has 3 aromatic rings. The molecule has 0 amide bonds. The fourth-order valence-corrected chi connectivity index (χ4v) is 3.18. The number of benzene rings is 2. The fourth-order valence-electron chi connectivity index (χ4n) is 2.30. The molecule has 4 nitrogen and oxygen atoms in total. The minimum atomic E-state index is -0.549. The van der Waals surface area contributed by atoms with Crippen molar-refractivity contribution in [2.75, 3.05) is 7.11 Å². The third-order valence-electron chi connectivity index (χ3n) is 3.68. The van der Waals surface area contributed by atoms with Gasteiger partial charge in [0.2, 0.25) is 0 Å². The van der Waals surface area contributed by atoms with Crippen LogP contribution in [0.1, 0.15) is 25.6 Å². The summed E-state index contributed by atoms with van der Waals surface area (Å²) in [5, 5.41) is 1.93. The number of esters is 1. The molecule has 0 saturated carbocycles. The van der Waals surface area contributed by atoms with Gasteiger partial charge in [-0.2, -0.15) is 0 Å². The summed E-state index contributed by atoms with van der Waals surface area (Å²) in [6.07, 6.45) is 3.20. The molecule has 0 fully saturated rings. The Bertz CT molecular complexity index is 976. The van der Waals surface area contributed by atoms with Gasteiger partial charge in [0, 0.05) is 15.4 Å². The van der Waals surface area contributed by atoms with Crippen LogP contribution in [0.25, 0.3) is 6.08 Å². The first-order valence-corrected chi connectivity index (χ1v) is 9.66. The van der Waals surface area contributed by atoms with Gasteiger partial charge in [-0.25, -0.2) is 4.79 Å². The van der Waals surface area contributed by atoms with E-state index in [1.165, 1.54) is 30.6 Å². The molecule has 0 spiro atoms. The third-order valence-corrected chi connectivity index (χ3v) is 5.05. The van der Waals surface area contributed by atoms with Gasteiger partial charge in [0.25, 0.3) is 0 Å². The number of rotatable bonds is 6. The molecule has 0 aliphatic carbocycles. The monoisotopic (exact) mass is 442 g/mol. The standard InChI is InChI=1S/C21H15BrO4S/c1-25-16-8-10-18(19(23)11-9-17-3-2-12-27-17)20(13-16)26-21(24)14-4-6-15(22)7-5-14/h2-13H,1H3/b11-9+. The van der Waals surface area contributed by atoms with Gasteiger partial charge < -0.3 is 9.47 Å². The Morgan fingerprint density at radius 3 is 2.52 bits per heavy atom. The fraction of sp³-hybridized carbons (Fsp3) is 0.0476. The average Bonchev–Trinajstić information content (AvgIpc) is 3.20. The lowest BCUT2D eigenvalue weighted by molar-refractivity contribution is 0.0733. The second-order valence-corrected chi connectivity index (χ2v) is 7.37. The molecular weight excluding hydrogens is 428 g/mol. The van der Waals surface area contributed by atoms with E-state index in [1.807, 2.05) is 17.5 Å². The van der Waals surface area contributed by atoms with Gasteiger partial charge in [0.05, 0.1) is 18.2 Å². The molecule has 0 N–H and O–H groups in total. The smallest absolute Gasteiger partial charge is 0.343 e. The number of ketones is 1. The summed E-state index contributed by atoms with van der Waals surface area (Å²) in [7, 11) is 1.51. The lowest BCUT2D eigenvalue weighted by atomic mass is 10.1. The highest BCUT2D eigenvalue weighted by Crippen LogP contribution is 2.27. The molecule has 2 aromatic carbocycles. The molecule has 0 saturated heterocycles. The lowest BCUT2D eigenvalue weighted by Crippen LogP contribution is -2.11. The van der Waals surface area contributed by atoms with E-state index in [9.17, 15) is 9.59 Å². The topological polar surface area (TPSA) is 52.6 Å². The van der Waals surface area contributed by atoms with Gasteiger partial charge in [0.1, 0.15) is 11.5 Å². The summed E-state index contributed by atoms with van der Waals surface area (Å²) in [6.45, 7) is 0. The van der Waals surface area contributed by atoms with Crippen LogP contribution in [0.3, 0.4) is 0 Å². The van der Waals surface area contributed by atoms with E-state index in [0.717, 1.165) is 9.35 Å². The predicted octanol–water partition coefficient (Wildman–Crippen LogP) is 5.63. The minimum absolute atomic E-state index is 0.156. The molecular formula is C21H15BrO4S. The van der Waals surface area contributed by atoms with Crippen molar-refractivity contribution in [3.63, 3.8) is 0 Å². The highest BCUT2D eigenvalue weighted by atomic mass is 79.9. The van der Waals surface area contributed by atoms with E-state index in [4.69, 9.17) is 9.47 Å². The normalized spacial score (nSPS) is 10.7. The molecule has 0 aliphatic heterocycles. The molecule has 1 heterocycles. The Morgan fingerprint density at radius 1 is 1.07 bits per heavy atom. The van der Waals surface area contributed by atoms with Crippen LogP contribution in [-0.4, -0.2) is 18.9 Å². The molecule has 3 rings (SSSR count). The molecule has 0 unspecified atom stereocenters. The number of allylic oxidation sites excluding steroid dienone is 1. The van der Waals surface area contributed by atoms with Gasteiger partial charge in [-0.3, -0.25) is 4.79 Å². The molecule has 0 radical (unpaired) electrons. The summed E-state index contributed by atoms with van der Waals surface area (Å²) in [4.78, 5) is 26.0. The number of carbonyl (C=O) groups excluding carboxylic acids is 2. The predicted molar refractivity (Wildman–Crippen MR) is 110 cm³/mol.